The van der Waals surface area contributed by atoms with E-state index >= 15 is 0 Å². The van der Waals surface area contributed by atoms with Crippen molar-refractivity contribution in [3.63, 3.8) is 0 Å². The molecule has 1 heterocycles. The van der Waals surface area contributed by atoms with E-state index in [-0.39, 0.29) is 47.3 Å². The van der Waals surface area contributed by atoms with Gasteiger partial charge in [-0.05, 0) is 42.0 Å². The van der Waals surface area contributed by atoms with Crippen molar-refractivity contribution in [2.24, 2.45) is 28.8 Å². The first-order valence-corrected chi connectivity index (χ1v) is 11.1. The number of benzene rings is 2. The second-order valence-electron chi connectivity index (χ2n) is 8.25. The lowest BCUT2D eigenvalue weighted by Crippen LogP contribution is -2.28. The van der Waals surface area contributed by atoms with E-state index in [2.05, 4.69) is 21.0 Å². The van der Waals surface area contributed by atoms with E-state index < -0.39 is 22.6 Å². The van der Waals surface area contributed by atoms with Crippen LogP contribution in [0.4, 0.5) is 10.1 Å². The van der Waals surface area contributed by atoms with Crippen molar-refractivity contribution >= 4 is 39.6 Å². The highest BCUT2D eigenvalue weighted by Crippen LogP contribution is 2.52. The van der Waals surface area contributed by atoms with Crippen molar-refractivity contribution in [2.45, 2.75) is 13.0 Å². The number of ether oxygens (including phenoxy) is 1. The Kier molecular flexibility index (Phi) is 5.32. The fourth-order valence-electron chi connectivity index (χ4n) is 4.85. The summed E-state index contributed by atoms with van der Waals surface area (Å²) in [5.74, 6) is -1.86. The monoisotopic (exact) mass is 513 g/mol. The summed E-state index contributed by atoms with van der Waals surface area (Å²) in [7, 11) is 0. The van der Waals surface area contributed by atoms with Crippen LogP contribution in [0, 0.1) is 39.6 Å². The molecule has 33 heavy (non-hydrogen) atoms. The van der Waals surface area contributed by atoms with Crippen molar-refractivity contribution in [3.8, 4) is 5.75 Å². The predicted octanol–water partition coefficient (Wildman–Crippen LogP) is 4.22. The minimum atomic E-state index is -0.595. The third-order valence-corrected chi connectivity index (χ3v) is 6.77. The highest BCUT2D eigenvalue weighted by molar-refractivity contribution is 9.10. The molecule has 4 atom stereocenters. The van der Waals surface area contributed by atoms with Gasteiger partial charge in [-0.1, -0.05) is 40.2 Å². The number of hydrogen-bond donors (Lipinski definition) is 0. The quantitative estimate of drug-likeness (QED) is 0.189. The maximum atomic E-state index is 13.2. The molecule has 2 amide bonds. The number of halogens is 2. The summed E-state index contributed by atoms with van der Waals surface area (Å²) in [5.41, 5.74) is 0.514. The topological polar surface area (TPSA) is 102 Å². The zero-order valence-corrected chi connectivity index (χ0v) is 18.6. The largest absolute Gasteiger partial charge is 0.481 e. The molecule has 1 saturated carbocycles. The molecule has 1 saturated heterocycles. The summed E-state index contributed by atoms with van der Waals surface area (Å²) in [5, 5.41) is 16.6. The highest BCUT2D eigenvalue weighted by atomic mass is 79.9. The molecule has 10 heteroatoms. The molecule has 2 bridgehead atoms. The first-order chi connectivity index (χ1) is 15.8. The van der Waals surface area contributed by atoms with E-state index in [0.717, 1.165) is 11.4 Å². The lowest BCUT2D eigenvalue weighted by Gasteiger charge is -2.13. The maximum Gasteiger partial charge on any atom is 0.312 e. The van der Waals surface area contributed by atoms with Crippen LogP contribution >= 0.6 is 15.9 Å². The van der Waals surface area contributed by atoms with Crippen LogP contribution in [0.25, 0.3) is 0 Å². The van der Waals surface area contributed by atoms with E-state index in [0.29, 0.717) is 10.0 Å². The maximum absolute atomic E-state index is 13.2. The Morgan fingerprint density at radius 3 is 2.39 bits per heavy atom. The first-order valence-electron chi connectivity index (χ1n) is 10.3. The summed E-state index contributed by atoms with van der Waals surface area (Å²) in [6.07, 6.45) is 6.01. The molecule has 0 N–H and O–H groups in total. The Morgan fingerprint density at radius 2 is 1.79 bits per heavy atom. The second kappa shape index (κ2) is 8.18. The summed E-state index contributed by atoms with van der Waals surface area (Å²) >= 11 is 3.24. The molecule has 1 aliphatic heterocycles. The Morgan fingerprint density at radius 1 is 1.15 bits per heavy atom. The third-order valence-electron chi connectivity index (χ3n) is 6.32. The predicted molar refractivity (Wildman–Crippen MR) is 119 cm³/mol. The summed E-state index contributed by atoms with van der Waals surface area (Å²) in [4.78, 5) is 36.8. The second-order valence-corrected chi connectivity index (χ2v) is 9.16. The first kappa shape index (κ1) is 21.4. The van der Waals surface area contributed by atoms with Gasteiger partial charge in [0.15, 0.2) is 0 Å². The van der Waals surface area contributed by atoms with Gasteiger partial charge in [-0.15, -0.1) is 0 Å². The molecule has 8 nitrogen and oxygen atoms in total. The van der Waals surface area contributed by atoms with Gasteiger partial charge in [0.05, 0.1) is 23.0 Å². The Balaban J connectivity index is 1.44. The number of hydrogen-bond acceptors (Lipinski definition) is 6. The van der Waals surface area contributed by atoms with Gasteiger partial charge in [-0.2, -0.15) is 10.1 Å². The van der Waals surface area contributed by atoms with Crippen LogP contribution in [0.15, 0.2) is 58.1 Å². The van der Waals surface area contributed by atoms with Crippen molar-refractivity contribution in [1.29, 1.82) is 0 Å². The van der Waals surface area contributed by atoms with Gasteiger partial charge < -0.3 is 4.74 Å². The number of fused-ring (bicyclic) bond motifs is 5. The number of rotatable bonds is 6. The molecule has 0 unspecified atom stereocenters. The van der Waals surface area contributed by atoms with E-state index in [4.69, 9.17) is 4.74 Å². The van der Waals surface area contributed by atoms with Gasteiger partial charge in [0, 0.05) is 16.1 Å². The van der Waals surface area contributed by atoms with Crippen LogP contribution < -0.4 is 4.74 Å². The minimum Gasteiger partial charge on any atom is -0.481 e. The molecule has 2 aliphatic carbocycles. The molecule has 0 spiro atoms. The van der Waals surface area contributed by atoms with Crippen molar-refractivity contribution in [1.82, 2.24) is 5.01 Å². The Labute approximate surface area is 196 Å². The SMILES string of the molecule is O=C1[C@@H]2[C@H](C(=O)N1N=Cc1cc(Br)cc([N+](=O)[O-])c1OCc1ccc(F)cc1)[C@H]1C=C[C@H]2C1. The molecule has 5 rings (SSSR count). The smallest absolute Gasteiger partial charge is 0.312 e. The number of nitro groups is 1. The summed E-state index contributed by atoms with van der Waals surface area (Å²) < 4.78 is 19.3. The van der Waals surface area contributed by atoms with Crippen molar-refractivity contribution in [2.75, 3.05) is 0 Å². The van der Waals surface area contributed by atoms with E-state index in [1.165, 1.54) is 36.5 Å². The van der Waals surface area contributed by atoms with Crippen LogP contribution in [0.3, 0.4) is 0 Å². The van der Waals surface area contributed by atoms with Gasteiger partial charge in [0.25, 0.3) is 11.8 Å². The van der Waals surface area contributed by atoms with E-state index in [9.17, 15) is 24.1 Å². The van der Waals surface area contributed by atoms with Crippen molar-refractivity contribution in [3.05, 3.63) is 80.1 Å². The molecular formula is C23H17BrFN3O5. The highest BCUT2D eigenvalue weighted by Gasteiger charge is 2.59. The average Bonchev–Trinajstić information content (AvgIpc) is 3.46. The molecule has 168 valence electrons. The molecule has 2 fully saturated rings. The number of allylic oxidation sites excluding steroid dienone is 2. The molecule has 0 aromatic heterocycles. The molecular weight excluding hydrogens is 497 g/mol. The zero-order chi connectivity index (χ0) is 23.3. The van der Waals surface area contributed by atoms with Gasteiger partial charge in [0.2, 0.25) is 5.75 Å². The molecule has 2 aromatic rings. The standard InChI is InChI=1S/C23H17BrFN3O5/c24-16-8-15(10-26-27-22(29)19-13-3-4-14(7-13)20(19)23(27)30)21(18(9-16)28(31)32)33-11-12-1-5-17(25)6-2-12/h1-6,8-10,13-14,19-20H,7,11H2/t13-,14-,19-,20+/m0/s1. The van der Waals surface area contributed by atoms with Crippen LogP contribution in [0.2, 0.25) is 0 Å². The molecule has 3 aliphatic rings. The molecule has 2 aromatic carbocycles. The van der Waals surface area contributed by atoms with Crippen LogP contribution in [0.1, 0.15) is 17.5 Å². The van der Waals surface area contributed by atoms with E-state index in [1.807, 2.05) is 12.2 Å². The number of carbonyl (C=O) groups excluding carboxylic acids is 2. The van der Waals surface area contributed by atoms with Crippen LogP contribution in [-0.4, -0.2) is 28.0 Å². The number of nitrogens with zero attached hydrogens (tertiary/aromatic N) is 3. The van der Waals surface area contributed by atoms with Crippen LogP contribution in [0.5, 0.6) is 5.75 Å². The van der Waals surface area contributed by atoms with E-state index in [1.54, 1.807) is 6.07 Å². The summed E-state index contributed by atoms with van der Waals surface area (Å²) in [6.45, 7) is -0.0512. The fourth-order valence-corrected chi connectivity index (χ4v) is 5.31. The molecule has 0 radical (unpaired) electrons. The minimum absolute atomic E-state index is 0.0512. The van der Waals surface area contributed by atoms with Crippen LogP contribution in [-0.2, 0) is 16.2 Å². The average molecular weight is 514 g/mol. The van der Waals surface area contributed by atoms with Gasteiger partial charge >= 0.3 is 5.69 Å². The Bertz CT molecular complexity index is 1200. The van der Waals surface area contributed by atoms with Gasteiger partial charge in [-0.3, -0.25) is 19.7 Å². The lowest BCUT2D eigenvalue weighted by molar-refractivity contribution is -0.386. The number of imide groups is 1. The number of amides is 2. The lowest BCUT2D eigenvalue weighted by atomic mass is 9.85. The van der Waals surface area contributed by atoms with Crippen molar-refractivity contribution < 1.29 is 23.6 Å². The fraction of sp³-hybridized carbons (Fsp3) is 0.261. The number of nitro benzene ring substituents is 1. The van der Waals surface area contributed by atoms with Gasteiger partial charge in [-0.25, -0.2) is 4.39 Å². The van der Waals surface area contributed by atoms with Gasteiger partial charge in [0.1, 0.15) is 12.4 Å². The number of carbonyl (C=O) groups is 2. The zero-order valence-electron chi connectivity index (χ0n) is 17.1. The Hall–Kier alpha value is -3.40. The third kappa shape index (κ3) is 3.74. The normalized spacial score (nSPS) is 25.3. The summed E-state index contributed by atoms with van der Waals surface area (Å²) in [6, 6.07) is 8.39. The number of hydrazone groups is 1.